The number of benzene rings is 3. The van der Waals surface area contributed by atoms with Gasteiger partial charge in [0.2, 0.25) is 0 Å². The van der Waals surface area contributed by atoms with Crippen LogP contribution >= 0.6 is 11.6 Å². The van der Waals surface area contributed by atoms with Crippen LogP contribution in [0.2, 0.25) is 5.02 Å². The minimum absolute atomic E-state index is 0.480. The van der Waals surface area contributed by atoms with Crippen LogP contribution in [0.1, 0.15) is 29.7 Å². The second-order valence-corrected chi connectivity index (χ2v) is 8.37. The Kier molecular flexibility index (Phi) is 7.00. The Labute approximate surface area is 191 Å². The topological polar surface area (TPSA) is 99.4 Å². The molecule has 1 aliphatic heterocycles. The summed E-state index contributed by atoms with van der Waals surface area (Å²) in [5.74, 6) is 0.794. The fourth-order valence-corrected chi connectivity index (χ4v) is 4.53. The van der Waals surface area contributed by atoms with Crippen molar-refractivity contribution in [3.8, 4) is 5.75 Å². The minimum atomic E-state index is -1.45. The number of fused-ring (bicyclic) bond motifs is 1. The van der Waals surface area contributed by atoms with Crippen LogP contribution in [0, 0.1) is 0 Å². The van der Waals surface area contributed by atoms with Crippen molar-refractivity contribution in [1.82, 2.24) is 0 Å². The summed E-state index contributed by atoms with van der Waals surface area (Å²) in [6.07, 6.45) is -5.60. The number of hydrogen-bond acceptors (Lipinski definition) is 6. The Hall–Kier alpha value is -2.19. The van der Waals surface area contributed by atoms with Gasteiger partial charge in [-0.3, -0.25) is 0 Å². The van der Waals surface area contributed by atoms with Crippen molar-refractivity contribution < 1.29 is 29.9 Å². The van der Waals surface area contributed by atoms with Gasteiger partial charge in [-0.25, -0.2) is 0 Å². The first-order valence-corrected chi connectivity index (χ1v) is 11.0. The van der Waals surface area contributed by atoms with Gasteiger partial charge in [-0.15, -0.1) is 0 Å². The quantitative estimate of drug-likeness (QED) is 0.453. The van der Waals surface area contributed by atoms with Gasteiger partial charge in [0.05, 0.1) is 18.2 Å². The number of aliphatic hydroxyl groups is 4. The molecule has 0 bridgehead atoms. The van der Waals surface area contributed by atoms with Gasteiger partial charge in [-0.1, -0.05) is 54.1 Å². The van der Waals surface area contributed by atoms with Gasteiger partial charge in [0.25, 0.3) is 0 Å². The average molecular weight is 459 g/mol. The molecule has 0 radical (unpaired) electrons. The lowest BCUT2D eigenvalue weighted by atomic mass is 9.87. The zero-order valence-electron chi connectivity index (χ0n) is 17.7. The predicted molar refractivity (Wildman–Crippen MR) is 122 cm³/mol. The van der Waals surface area contributed by atoms with Crippen molar-refractivity contribution in [1.29, 1.82) is 0 Å². The van der Waals surface area contributed by atoms with E-state index in [0.29, 0.717) is 23.6 Å². The van der Waals surface area contributed by atoms with E-state index in [1.807, 2.05) is 61.5 Å². The Morgan fingerprint density at radius 3 is 2.28 bits per heavy atom. The molecule has 0 unspecified atom stereocenters. The molecule has 7 heteroatoms. The molecule has 1 aliphatic rings. The molecule has 0 spiro atoms. The molecule has 0 saturated carbocycles. The lowest BCUT2D eigenvalue weighted by Gasteiger charge is -2.40. The van der Waals surface area contributed by atoms with Gasteiger partial charge < -0.3 is 29.9 Å². The highest BCUT2D eigenvalue weighted by Gasteiger charge is 2.44. The summed E-state index contributed by atoms with van der Waals surface area (Å²) in [5, 5.41) is 42.9. The second kappa shape index (κ2) is 9.75. The maximum atomic E-state index is 10.7. The van der Waals surface area contributed by atoms with Crippen LogP contribution in [0.3, 0.4) is 0 Å². The van der Waals surface area contributed by atoms with E-state index >= 15 is 0 Å². The van der Waals surface area contributed by atoms with Crippen molar-refractivity contribution in [2.45, 2.75) is 43.9 Å². The highest BCUT2D eigenvalue weighted by atomic mass is 35.5. The summed E-state index contributed by atoms with van der Waals surface area (Å²) in [5.41, 5.74) is 2.51. The Morgan fingerprint density at radius 1 is 0.938 bits per heavy atom. The molecule has 32 heavy (non-hydrogen) atoms. The van der Waals surface area contributed by atoms with E-state index in [1.54, 1.807) is 0 Å². The maximum Gasteiger partial charge on any atom is 0.119 e. The van der Waals surface area contributed by atoms with Gasteiger partial charge in [-0.2, -0.15) is 0 Å². The van der Waals surface area contributed by atoms with E-state index < -0.39 is 37.1 Å². The standard InChI is InChI=1S/C25H27ClO6/c1-2-31-16-9-7-14(8-10-16)11-15-12-19(17-5-3-4-6-18(17)21(15)26)25-24(30)23(29)22(28)20(13-27)32-25/h3-10,12,20,22-25,27-30H,2,11,13H2,1H3/t20-,22-,23+,24-,25+/m1/s1. The molecule has 4 rings (SSSR count). The summed E-state index contributed by atoms with van der Waals surface area (Å²) < 4.78 is 11.3. The fraction of sp³-hybridized carbons (Fsp3) is 0.360. The average Bonchev–Trinajstić information content (AvgIpc) is 2.81. The summed E-state index contributed by atoms with van der Waals surface area (Å²) in [4.78, 5) is 0. The van der Waals surface area contributed by atoms with Gasteiger partial charge >= 0.3 is 0 Å². The van der Waals surface area contributed by atoms with Crippen LogP contribution in [0.5, 0.6) is 5.75 Å². The van der Waals surface area contributed by atoms with Crippen molar-refractivity contribution >= 4 is 22.4 Å². The van der Waals surface area contributed by atoms with Gasteiger partial charge in [0.15, 0.2) is 0 Å². The Balaban J connectivity index is 1.76. The molecule has 1 fully saturated rings. The first-order valence-electron chi connectivity index (χ1n) is 10.7. The molecule has 3 aromatic carbocycles. The molecule has 0 aliphatic carbocycles. The predicted octanol–water partition coefficient (Wildman–Crippen LogP) is 3.00. The first-order chi connectivity index (χ1) is 15.4. The zero-order chi connectivity index (χ0) is 22.8. The lowest BCUT2D eigenvalue weighted by molar-refractivity contribution is -0.231. The minimum Gasteiger partial charge on any atom is -0.494 e. The smallest absolute Gasteiger partial charge is 0.119 e. The van der Waals surface area contributed by atoms with Crippen molar-refractivity contribution in [2.75, 3.05) is 13.2 Å². The van der Waals surface area contributed by atoms with Crippen LogP contribution < -0.4 is 4.74 Å². The molecule has 4 N–H and O–H groups in total. The number of hydrogen-bond donors (Lipinski definition) is 4. The number of aliphatic hydroxyl groups excluding tert-OH is 4. The number of rotatable bonds is 6. The SMILES string of the molecule is CCOc1ccc(Cc2cc([C@@H]3O[C@H](CO)[C@@H](O)[C@H](O)[C@H]3O)c3ccccc3c2Cl)cc1. The van der Waals surface area contributed by atoms with Gasteiger partial charge in [-0.05, 0) is 47.6 Å². The van der Waals surface area contributed by atoms with Crippen molar-refractivity contribution in [3.05, 3.63) is 76.3 Å². The van der Waals surface area contributed by atoms with E-state index in [4.69, 9.17) is 21.1 Å². The monoisotopic (exact) mass is 458 g/mol. The molecule has 0 aromatic heterocycles. The largest absolute Gasteiger partial charge is 0.494 e. The second-order valence-electron chi connectivity index (χ2n) is 7.99. The van der Waals surface area contributed by atoms with E-state index in [1.165, 1.54) is 0 Å². The number of ether oxygens (including phenoxy) is 2. The van der Waals surface area contributed by atoms with E-state index in [0.717, 1.165) is 27.6 Å². The first kappa shape index (κ1) is 23.0. The summed E-state index contributed by atoms with van der Waals surface area (Å²) in [6.45, 7) is 2.05. The lowest BCUT2D eigenvalue weighted by Crippen LogP contribution is -2.55. The van der Waals surface area contributed by atoms with Crippen LogP contribution in [0.25, 0.3) is 10.8 Å². The summed E-state index contributed by atoms with van der Waals surface area (Å²) in [6, 6.07) is 17.1. The molecular weight excluding hydrogens is 432 g/mol. The van der Waals surface area contributed by atoms with Crippen molar-refractivity contribution in [2.24, 2.45) is 0 Å². The molecule has 5 atom stereocenters. The molecule has 1 heterocycles. The van der Waals surface area contributed by atoms with E-state index in [9.17, 15) is 20.4 Å². The molecule has 3 aromatic rings. The normalized spacial score (nSPS) is 25.8. The van der Waals surface area contributed by atoms with Crippen LogP contribution in [0.4, 0.5) is 0 Å². The van der Waals surface area contributed by atoms with E-state index in [2.05, 4.69) is 0 Å². The Morgan fingerprint density at radius 2 is 1.62 bits per heavy atom. The summed E-state index contributed by atoms with van der Waals surface area (Å²) >= 11 is 6.77. The summed E-state index contributed by atoms with van der Waals surface area (Å²) in [7, 11) is 0. The highest BCUT2D eigenvalue weighted by Crippen LogP contribution is 2.40. The highest BCUT2D eigenvalue weighted by molar-refractivity contribution is 6.36. The molecule has 170 valence electrons. The van der Waals surface area contributed by atoms with Crippen LogP contribution in [0.15, 0.2) is 54.6 Å². The van der Waals surface area contributed by atoms with Crippen LogP contribution in [-0.4, -0.2) is 58.1 Å². The van der Waals surface area contributed by atoms with Gasteiger partial charge in [0, 0.05) is 5.39 Å². The third-order valence-electron chi connectivity index (χ3n) is 5.91. The fourth-order valence-electron chi connectivity index (χ4n) is 4.24. The molecule has 6 nitrogen and oxygen atoms in total. The number of halogens is 1. The van der Waals surface area contributed by atoms with Crippen molar-refractivity contribution in [3.63, 3.8) is 0 Å². The van der Waals surface area contributed by atoms with E-state index in [-0.39, 0.29) is 0 Å². The zero-order valence-corrected chi connectivity index (χ0v) is 18.4. The molecule has 0 amide bonds. The maximum absolute atomic E-state index is 10.7. The third kappa shape index (κ3) is 4.35. The third-order valence-corrected chi connectivity index (χ3v) is 6.36. The van der Waals surface area contributed by atoms with Gasteiger partial charge in [0.1, 0.15) is 36.3 Å². The Bertz CT molecular complexity index is 1070. The molecule has 1 saturated heterocycles. The molecular formula is C25H27ClO6. The van der Waals surface area contributed by atoms with Crippen LogP contribution in [-0.2, 0) is 11.2 Å².